The number of nitrogens with zero attached hydrogens (tertiary/aromatic N) is 20. The number of azo groups is 2. The van der Waals surface area contributed by atoms with E-state index in [1.807, 2.05) is 0 Å². The van der Waals surface area contributed by atoms with Gasteiger partial charge in [-0.25, -0.2) is 9.97 Å². The first-order chi connectivity index (χ1) is 26.5. The highest BCUT2D eigenvalue weighted by Gasteiger charge is 2.20. The molecule has 9 aromatic heterocycles. The Morgan fingerprint density at radius 1 is 0.593 bits per heavy atom. The third-order valence-electron chi connectivity index (χ3n) is 7.99. The van der Waals surface area contributed by atoms with Gasteiger partial charge in [-0.1, -0.05) is 12.1 Å². The number of pyridine rings is 2. The molecule has 54 heavy (non-hydrogen) atoms. The lowest BCUT2D eigenvalue weighted by Crippen LogP contribution is -1.97. The number of H-pyrrole nitrogens is 2. The summed E-state index contributed by atoms with van der Waals surface area (Å²) in [5, 5.41) is 72.0. The van der Waals surface area contributed by atoms with Crippen LogP contribution < -0.4 is 0 Å². The summed E-state index contributed by atoms with van der Waals surface area (Å²) >= 11 is 0. The summed E-state index contributed by atoms with van der Waals surface area (Å²) in [4.78, 5) is 15.0. The van der Waals surface area contributed by atoms with Gasteiger partial charge in [-0.15, -0.1) is 50.1 Å². The molecule has 0 radical (unpaired) electrons. The molecule has 0 saturated carbocycles. The molecule has 0 aliphatic heterocycles. The zero-order valence-electron chi connectivity index (χ0n) is 27.9. The van der Waals surface area contributed by atoms with Crippen molar-refractivity contribution in [3.05, 3.63) is 95.8 Å². The van der Waals surface area contributed by atoms with Gasteiger partial charge in [-0.2, -0.15) is 40.3 Å². The number of rotatable bonds is 8. The van der Waals surface area contributed by atoms with Crippen LogP contribution in [-0.2, 0) is 0 Å². The van der Waals surface area contributed by atoms with Gasteiger partial charge in [0.05, 0.1) is 23.8 Å². The summed E-state index contributed by atoms with van der Waals surface area (Å²) in [5.41, 5.74) is 4.11. The highest BCUT2D eigenvalue weighted by Crippen LogP contribution is 2.31. The third-order valence-corrected chi connectivity index (χ3v) is 7.99. The summed E-state index contributed by atoms with van der Waals surface area (Å²) in [6.45, 7) is 3.53. The molecule has 0 spiro atoms. The van der Waals surface area contributed by atoms with Crippen molar-refractivity contribution in [3.8, 4) is 46.8 Å². The zero-order valence-corrected chi connectivity index (χ0v) is 27.9. The van der Waals surface area contributed by atoms with Crippen molar-refractivity contribution >= 4 is 34.3 Å². The molecular formula is C32H20N22. The second kappa shape index (κ2) is 12.6. The molecular weight excluding hydrogens is 693 g/mol. The van der Waals surface area contributed by atoms with Crippen molar-refractivity contribution in [1.29, 1.82) is 10.5 Å². The summed E-state index contributed by atoms with van der Waals surface area (Å²) in [6.07, 6.45) is 6.04. The molecule has 0 bridgehead atoms. The molecule has 258 valence electrons. The van der Waals surface area contributed by atoms with Crippen LogP contribution in [0.1, 0.15) is 22.5 Å². The molecule has 0 atom stereocenters. The molecule has 0 unspecified atom stereocenters. The average Bonchev–Trinajstić information content (AvgIpc) is 4.06. The summed E-state index contributed by atoms with van der Waals surface area (Å²) in [5.74, 6) is 2.14. The van der Waals surface area contributed by atoms with E-state index in [1.54, 1.807) is 74.8 Å². The second-order valence-corrected chi connectivity index (χ2v) is 11.4. The van der Waals surface area contributed by atoms with E-state index in [0.717, 1.165) is 0 Å². The van der Waals surface area contributed by atoms with Crippen LogP contribution in [0.15, 0.2) is 93.8 Å². The van der Waals surface area contributed by atoms with Gasteiger partial charge in [0.2, 0.25) is 0 Å². The van der Waals surface area contributed by atoms with E-state index in [0.29, 0.717) is 68.7 Å². The number of aromatic amines is 2. The van der Waals surface area contributed by atoms with Crippen LogP contribution in [0.5, 0.6) is 0 Å². The molecule has 0 amide bonds. The Bertz CT molecular complexity index is 2770. The number of hydrogen-bond donors (Lipinski definition) is 2. The van der Waals surface area contributed by atoms with E-state index in [1.165, 1.54) is 31.0 Å². The Labute approximate surface area is 300 Å². The maximum atomic E-state index is 9.64. The quantitative estimate of drug-likeness (QED) is 0.199. The third kappa shape index (κ3) is 5.28. The van der Waals surface area contributed by atoms with Crippen molar-refractivity contribution in [2.45, 2.75) is 13.8 Å². The van der Waals surface area contributed by atoms with E-state index in [4.69, 9.17) is 0 Å². The minimum absolute atomic E-state index is 0.216. The summed E-state index contributed by atoms with van der Waals surface area (Å²) in [6, 6.07) is 18.3. The van der Waals surface area contributed by atoms with E-state index >= 15 is 0 Å². The van der Waals surface area contributed by atoms with Gasteiger partial charge in [-0.05, 0) is 50.2 Å². The van der Waals surface area contributed by atoms with Crippen LogP contribution in [0.2, 0.25) is 0 Å². The van der Waals surface area contributed by atoms with Crippen molar-refractivity contribution in [2.75, 3.05) is 0 Å². The molecule has 0 aliphatic carbocycles. The van der Waals surface area contributed by atoms with E-state index in [9.17, 15) is 10.5 Å². The number of aromatic nitrogens is 16. The van der Waals surface area contributed by atoms with Crippen LogP contribution in [0.4, 0.5) is 23.0 Å². The SMILES string of the molecule is Cc1nn2nc(-c3ccc(-c4nn5nc(C)c(/N=N/c6c(C#N)cnn6-c6ccccn6)c5[nH]4)nn3)[nH]c2c1/N=N/c1c(C#N)cnn1-c1ccccn1. The Hall–Kier alpha value is -8.66. The fraction of sp³-hybridized carbons (Fsp3) is 0.0625. The minimum Gasteiger partial charge on any atom is -0.318 e. The standard InChI is InChI=1S/C32H20N22/c1-17-25(43-45-29-19(13-33)15-37-51(29)23-7-3-5-11-35-23)31-39-27(49-53(31)47-17)21-9-10-22(42-41-21)28-40-32-26(18(2)48-54(32)50-28)44-46-30-20(14-34)16-38-52(30)24-8-4-6-12-36-24/h3-12,15-16H,1-2H3,(H,39,49)(H,40,50)/b45-43+,46-44+. The molecule has 0 saturated heterocycles. The Morgan fingerprint density at radius 3 is 1.44 bits per heavy atom. The smallest absolute Gasteiger partial charge is 0.197 e. The van der Waals surface area contributed by atoms with Gasteiger partial charge in [-0.3, -0.25) is 0 Å². The van der Waals surface area contributed by atoms with E-state index in [2.05, 4.69) is 93.3 Å². The Kier molecular flexibility index (Phi) is 7.30. The van der Waals surface area contributed by atoms with Crippen LogP contribution in [0.3, 0.4) is 0 Å². The summed E-state index contributed by atoms with van der Waals surface area (Å²) in [7, 11) is 0. The fourth-order valence-electron chi connectivity index (χ4n) is 5.41. The monoisotopic (exact) mass is 712 g/mol. The number of fused-ring (bicyclic) bond motifs is 2. The number of hydrogen-bond acceptors (Lipinski definition) is 16. The van der Waals surface area contributed by atoms with Crippen molar-refractivity contribution < 1.29 is 0 Å². The van der Waals surface area contributed by atoms with E-state index in [-0.39, 0.29) is 22.8 Å². The normalized spacial score (nSPS) is 11.7. The number of aryl methyl sites for hydroxylation is 2. The summed E-state index contributed by atoms with van der Waals surface area (Å²) < 4.78 is 5.64. The molecule has 0 aliphatic rings. The first kappa shape index (κ1) is 31.3. The molecule has 9 aromatic rings. The first-order valence-corrected chi connectivity index (χ1v) is 15.9. The van der Waals surface area contributed by atoms with Crippen LogP contribution >= 0.6 is 0 Å². The number of nitriles is 2. The largest absolute Gasteiger partial charge is 0.318 e. The maximum Gasteiger partial charge on any atom is 0.197 e. The van der Waals surface area contributed by atoms with Crippen molar-refractivity contribution in [2.24, 2.45) is 20.5 Å². The van der Waals surface area contributed by atoms with Gasteiger partial charge in [0.25, 0.3) is 0 Å². The zero-order chi connectivity index (χ0) is 36.8. The van der Waals surface area contributed by atoms with Gasteiger partial charge >= 0.3 is 0 Å². The van der Waals surface area contributed by atoms with E-state index < -0.39 is 0 Å². The molecule has 22 nitrogen and oxygen atoms in total. The van der Waals surface area contributed by atoms with Crippen molar-refractivity contribution in [1.82, 2.24) is 79.3 Å². The Morgan fingerprint density at radius 2 is 1.06 bits per heavy atom. The van der Waals surface area contributed by atoms with Gasteiger partial charge in [0.15, 0.2) is 57.6 Å². The second-order valence-electron chi connectivity index (χ2n) is 11.4. The lowest BCUT2D eigenvalue weighted by atomic mass is 10.3. The van der Waals surface area contributed by atoms with Crippen LogP contribution in [0.25, 0.3) is 46.0 Å². The van der Waals surface area contributed by atoms with Crippen molar-refractivity contribution in [3.63, 3.8) is 0 Å². The van der Waals surface area contributed by atoms with Gasteiger partial charge < -0.3 is 9.97 Å². The van der Waals surface area contributed by atoms with Gasteiger partial charge in [0.1, 0.15) is 34.7 Å². The predicted molar refractivity (Wildman–Crippen MR) is 185 cm³/mol. The highest BCUT2D eigenvalue weighted by molar-refractivity contribution is 5.71. The molecule has 9 heterocycles. The van der Waals surface area contributed by atoms with Crippen LogP contribution in [-0.4, -0.2) is 79.3 Å². The first-order valence-electron chi connectivity index (χ1n) is 15.9. The Balaban J connectivity index is 0.987. The molecule has 2 N–H and O–H groups in total. The highest BCUT2D eigenvalue weighted by atomic mass is 15.5. The molecule has 0 aromatic carbocycles. The predicted octanol–water partition coefficient (Wildman–Crippen LogP) is 4.90. The minimum atomic E-state index is 0.216. The lowest BCUT2D eigenvalue weighted by Gasteiger charge is -2.01. The topological polar surface area (TPSA) is 276 Å². The maximum absolute atomic E-state index is 9.64. The molecule has 0 fully saturated rings. The lowest BCUT2D eigenvalue weighted by molar-refractivity contribution is 0.805. The molecule has 22 heteroatoms. The fourth-order valence-corrected chi connectivity index (χ4v) is 5.41. The molecule has 9 rings (SSSR count). The van der Waals surface area contributed by atoms with Gasteiger partial charge in [0, 0.05) is 12.4 Å². The number of nitrogens with one attached hydrogen (secondary N) is 2. The average molecular weight is 713 g/mol. The van der Waals surface area contributed by atoms with Crippen LogP contribution in [0, 0.1) is 36.5 Å².